The van der Waals surface area contributed by atoms with Crippen LogP contribution in [0.25, 0.3) is 0 Å². The van der Waals surface area contributed by atoms with E-state index in [2.05, 4.69) is 46.5 Å². The molecule has 30 heavy (non-hydrogen) atoms. The lowest BCUT2D eigenvalue weighted by Gasteiger charge is -2.62. The maximum atomic E-state index is 14.1. The molecular weight excluding hydrogens is 376 g/mol. The van der Waals surface area contributed by atoms with Crippen molar-refractivity contribution < 1.29 is 19.0 Å². The lowest BCUT2D eigenvalue weighted by Crippen LogP contribution is -2.62. The second kappa shape index (κ2) is 8.93. The first kappa shape index (κ1) is 23.8. The van der Waals surface area contributed by atoms with Gasteiger partial charge in [-0.3, -0.25) is 4.79 Å². The van der Waals surface area contributed by atoms with Gasteiger partial charge in [-0.1, -0.05) is 34.6 Å². The van der Waals surface area contributed by atoms with Crippen LogP contribution in [0, 0.1) is 45.8 Å². The van der Waals surface area contributed by atoms with E-state index in [4.69, 9.17) is 14.2 Å². The van der Waals surface area contributed by atoms with Crippen molar-refractivity contribution >= 4 is 5.78 Å². The Morgan fingerprint density at radius 2 is 1.80 bits per heavy atom. The summed E-state index contributed by atoms with van der Waals surface area (Å²) in [6.45, 7) is 11.4. The van der Waals surface area contributed by atoms with Gasteiger partial charge in [-0.2, -0.15) is 0 Å². The zero-order valence-electron chi connectivity index (χ0n) is 20.2. The number of rotatable bonds is 5. The predicted octanol–water partition coefficient (Wildman–Crippen LogP) is 5.24. The molecule has 3 saturated carbocycles. The molecule has 0 radical (unpaired) electrons. The fourth-order valence-corrected chi connectivity index (χ4v) is 7.42. The van der Waals surface area contributed by atoms with Crippen LogP contribution in [0.4, 0.5) is 0 Å². The SMILES string of the molecule is CCC#CC[C@]1(C)C[C@@H](OCOC)[C@@]2(C)C3C(OC)CCC3(CC[C@H]2C)[C@@H](C)C1=O. The Bertz CT molecular complexity index is 693. The van der Waals surface area contributed by atoms with Crippen molar-refractivity contribution in [2.24, 2.45) is 34.0 Å². The number of hydrogen-bond donors (Lipinski definition) is 0. The highest BCUT2D eigenvalue weighted by atomic mass is 16.7. The van der Waals surface area contributed by atoms with Crippen LogP contribution in [-0.4, -0.2) is 39.0 Å². The molecule has 4 nitrogen and oxygen atoms in total. The molecule has 4 heteroatoms. The van der Waals surface area contributed by atoms with Gasteiger partial charge in [0.25, 0.3) is 0 Å². The first-order chi connectivity index (χ1) is 14.2. The van der Waals surface area contributed by atoms with Crippen molar-refractivity contribution in [2.75, 3.05) is 21.0 Å². The van der Waals surface area contributed by atoms with Gasteiger partial charge < -0.3 is 14.2 Å². The molecule has 3 aliphatic rings. The summed E-state index contributed by atoms with van der Waals surface area (Å²) in [5.41, 5.74) is -0.572. The van der Waals surface area contributed by atoms with Crippen LogP contribution >= 0.6 is 0 Å². The van der Waals surface area contributed by atoms with Crippen LogP contribution in [0.3, 0.4) is 0 Å². The van der Waals surface area contributed by atoms with Crippen molar-refractivity contribution in [3.8, 4) is 11.8 Å². The van der Waals surface area contributed by atoms with E-state index >= 15 is 0 Å². The van der Waals surface area contributed by atoms with Gasteiger partial charge in [0.1, 0.15) is 12.6 Å². The minimum atomic E-state index is -0.499. The molecule has 0 heterocycles. The van der Waals surface area contributed by atoms with E-state index in [1.165, 1.54) is 0 Å². The van der Waals surface area contributed by atoms with E-state index in [9.17, 15) is 4.79 Å². The van der Waals surface area contributed by atoms with Crippen LogP contribution in [0.5, 0.6) is 0 Å². The first-order valence-electron chi connectivity index (χ1n) is 11.8. The highest BCUT2D eigenvalue weighted by Gasteiger charge is 2.68. The summed E-state index contributed by atoms with van der Waals surface area (Å²) < 4.78 is 17.8. The summed E-state index contributed by atoms with van der Waals surface area (Å²) in [4.78, 5) is 14.1. The Morgan fingerprint density at radius 3 is 2.43 bits per heavy atom. The Balaban J connectivity index is 2.15. The van der Waals surface area contributed by atoms with E-state index in [-0.39, 0.29) is 35.7 Å². The average molecular weight is 419 g/mol. The maximum absolute atomic E-state index is 14.1. The number of ketones is 1. The summed E-state index contributed by atoms with van der Waals surface area (Å²) in [5.74, 6) is 7.71. The predicted molar refractivity (Wildman–Crippen MR) is 119 cm³/mol. The molecule has 0 N–H and O–H groups in total. The Hall–Kier alpha value is -0.890. The molecule has 0 aliphatic heterocycles. The summed E-state index contributed by atoms with van der Waals surface area (Å²) in [7, 11) is 3.51. The topological polar surface area (TPSA) is 44.8 Å². The largest absolute Gasteiger partial charge is 0.381 e. The summed E-state index contributed by atoms with van der Waals surface area (Å²) >= 11 is 0. The van der Waals surface area contributed by atoms with E-state index in [1.807, 2.05) is 7.11 Å². The standard InChI is InChI=1S/C26H42O4/c1-8-9-10-13-24(4)16-21(30-17-28-6)25(5)18(2)11-14-26(19(3)23(24)27)15-12-20(29-7)22(25)26/h18-22H,8,11-17H2,1-7H3/t18-,19+,20?,21-,22?,24-,25+,26?/m1/s1. The van der Waals surface area contributed by atoms with Gasteiger partial charge in [-0.15, -0.1) is 11.8 Å². The minimum absolute atomic E-state index is 0.00638. The number of carbonyl (C=O) groups is 1. The normalized spacial score (nSPS) is 45.8. The molecule has 3 unspecified atom stereocenters. The van der Waals surface area contributed by atoms with Gasteiger partial charge in [-0.05, 0) is 49.4 Å². The zero-order chi connectivity index (χ0) is 22.2. The van der Waals surface area contributed by atoms with Gasteiger partial charge >= 0.3 is 0 Å². The highest BCUT2D eigenvalue weighted by Crippen LogP contribution is 2.68. The van der Waals surface area contributed by atoms with E-state index in [1.54, 1.807) is 7.11 Å². The number of Topliss-reactive ketones (excluding diaryl/α,β-unsaturated/α-hetero) is 1. The molecule has 0 spiro atoms. The van der Waals surface area contributed by atoms with Crippen LogP contribution in [0.15, 0.2) is 0 Å². The van der Waals surface area contributed by atoms with Crippen molar-refractivity contribution in [1.82, 2.24) is 0 Å². The van der Waals surface area contributed by atoms with Gasteiger partial charge in [0, 0.05) is 43.8 Å². The summed E-state index contributed by atoms with van der Waals surface area (Å²) in [6, 6.07) is 0. The van der Waals surface area contributed by atoms with Crippen molar-refractivity contribution in [1.29, 1.82) is 0 Å². The molecule has 0 amide bonds. The Morgan fingerprint density at radius 1 is 1.10 bits per heavy atom. The van der Waals surface area contributed by atoms with Gasteiger partial charge in [0.2, 0.25) is 0 Å². The van der Waals surface area contributed by atoms with Crippen molar-refractivity contribution in [3.63, 3.8) is 0 Å². The smallest absolute Gasteiger partial charge is 0.146 e. The molecule has 3 rings (SSSR count). The van der Waals surface area contributed by atoms with Crippen LogP contribution < -0.4 is 0 Å². The van der Waals surface area contributed by atoms with Crippen LogP contribution in [0.2, 0.25) is 0 Å². The monoisotopic (exact) mass is 418 g/mol. The van der Waals surface area contributed by atoms with Gasteiger partial charge in [0.15, 0.2) is 0 Å². The molecule has 3 fully saturated rings. The summed E-state index contributed by atoms with van der Waals surface area (Å²) in [5, 5.41) is 0. The third kappa shape index (κ3) is 3.55. The van der Waals surface area contributed by atoms with E-state index < -0.39 is 5.41 Å². The number of methoxy groups -OCH3 is 2. The molecule has 0 aromatic carbocycles. The second-order valence-corrected chi connectivity index (χ2v) is 10.6. The van der Waals surface area contributed by atoms with E-state index in [0.717, 1.165) is 32.1 Å². The van der Waals surface area contributed by atoms with Gasteiger partial charge in [0.05, 0.1) is 12.2 Å². The molecule has 0 aromatic rings. The van der Waals surface area contributed by atoms with E-state index in [0.29, 0.717) is 30.5 Å². The number of ether oxygens (including phenoxy) is 3. The molecule has 0 saturated heterocycles. The number of carbonyl (C=O) groups excluding carboxylic acids is 1. The lowest BCUT2D eigenvalue weighted by atomic mass is 9.44. The van der Waals surface area contributed by atoms with Crippen LogP contribution in [-0.2, 0) is 19.0 Å². The molecule has 0 aromatic heterocycles. The van der Waals surface area contributed by atoms with Crippen molar-refractivity contribution in [2.45, 2.75) is 91.8 Å². The molecule has 3 aliphatic carbocycles. The zero-order valence-corrected chi connectivity index (χ0v) is 20.2. The van der Waals surface area contributed by atoms with Crippen LogP contribution in [0.1, 0.15) is 79.6 Å². The lowest BCUT2D eigenvalue weighted by molar-refractivity contribution is -0.219. The first-order valence-corrected chi connectivity index (χ1v) is 11.8. The van der Waals surface area contributed by atoms with Crippen molar-refractivity contribution in [3.05, 3.63) is 0 Å². The molecule has 8 atom stereocenters. The third-order valence-electron chi connectivity index (χ3n) is 9.31. The molecule has 2 bridgehead atoms. The molecule has 170 valence electrons. The second-order valence-electron chi connectivity index (χ2n) is 10.6. The average Bonchev–Trinajstić information content (AvgIpc) is 3.13. The Labute approximate surface area is 183 Å². The fourth-order valence-electron chi connectivity index (χ4n) is 7.42. The molecular formula is C26H42O4. The summed E-state index contributed by atoms with van der Waals surface area (Å²) in [6.07, 6.45) is 6.60. The highest BCUT2D eigenvalue weighted by molar-refractivity contribution is 5.88. The quantitative estimate of drug-likeness (QED) is 0.452. The Kier molecular flexibility index (Phi) is 7.07. The third-order valence-corrected chi connectivity index (χ3v) is 9.31. The maximum Gasteiger partial charge on any atom is 0.146 e. The fraction of sp³-hybridized carbons (Fsp3) is 0.885. The van der Waals surface area contributed by atoms with Gasteiger partial charge in [-0.25, -0.2) is 0 Å². The minimum Gasteiger partial charge on any atom is -0.381 e. The number of hydrogen-bond acceptors (Lipinski definition) is 4.